The summed E-state index contributed by atoms with van der Waals surface area (Å²) in [6.45, 7) is 2.36. The lowest BCUT2D eigenvalue weighted by atomic mass is 10.0. The van der Waals surface area contributed by atoms with Crippen LogP contribution in [0.25, 0.3) is 0 Å². The molecule has 10 heteroatoms. The molecule has 3 aromatic carbocycles. The normalized spacial score (nSPS) is 11.9. The number of methoxy groups -OCH3 is 1. The number of carbonyl (C=O) groups excluding carboxylic acids is 2. The van der Waals surface area contributed by atoms with E-state index in [4.69, 9.17) is 4.74 Å². The van der Waals surface area contributed by atoms with Gasteiger partial charge >= 0.3 is 0 Å². The van der Waals surface area contributed by atoms with Gasteiger partial charge in [0.25, 0.3) is 0 Å². The van der Waals surface area contributed by atoms with Crippen molar-refractivity contribution in [2.24, 2.45) is 0 Å². The van der Waals surface area contributed by atoms with Crippen LogP contribution in [0.4, 0.5) is 10.1 Å². The smallest absolute Gasteiger partial charge is 0.243 e. The van der Waals surface area contributed by atoms with Crippen LogP contribution in [0.2, 0.25) is 0 Å². The van der Waals surface area contributed by atoms with E-state index in [1.54, 1.807) is 36.4 Å². The van der Waals surface area contributed by atoms with Gasteiger partial charge in [-0.1, -0.05) is 48.5 Å². The van der Waals surface area contributed by atoms with Crippen LogP contribution in [0.15, 0.2) is 78.9 Å². The topological polar surface area (TPSA) is 96.0 Å². The van der Waals surface area contributed by atoms with Gasteiger partial charge in [0, 0.05) is 38.5 Å². The standard InChI is InChI=1S/C30H36FN3O5S/c1-4-32-30(36)28(20-23-10-6-5-7-11-23)33(22-24-15-17-25(31)18-16-24)29(35)14-9-19-34(40(3,37)38)26-12-8-13-27(21-26)39-2/h5-8,10-13,15-18,21,28H,4,9,14,19-20,22H2,1-3H3,(H,32,36). The highest BCUT2D eigenvalue weighted by Gasteiger charge is 2.30. The lowest BCUT2D eigenvalue weighted by Crippen LogP contribution is -2.50. The molecule has 0 heterocycles. The van der Waals surface area contributed by atoms with Crippen LogP contribution in [-0.4, -0.2) is 57.6 Å². The van der Waals surface area contributed by atoms with E-state index >= 15 is 0 Å². The van der Waals surface area contributed by atoms with Crippen LogP contribution in [0.3, 0.4) is 0 Å². The molecular weight excluding hydrogens is 533 g/mol. The average Bonchev–Trinajstić information content (AvgIpc) is 2.94. The van der Waals surface area contributed by atoms with Crippen LogP contribution in [0, 0.1) is 5.82 Å². The number of anilines is 1. The Balaban J connectivity index is 1.85. The van der Waals surface area contributed by atoms with Crippen LogP contribution in [0.1, 0.15) is 30.9 Å². The fourth-order valence-electron chi connectivity index (χ4n) is 4.40. The Kier molecular flexibility index (Phi) is 11.1. The molecule has 0 aliphatic carbocycles. The number of hydrogen-bond donors (Lipinski definition) is 1. The maximum atomic E-state index is 13.7. The molecule has 1 unspecified atom stereocenters. The number of carbonyl (C=O) groups is 2. The summed E-state index contributed by atoms with van der Waals surface area (Å²) < 4.78 is 45.2. The van der Waals surface area contributed by atoms with E-state index < -0.39 is 21.9 Å². The maximum Gasteiger partial charge on any atom is 0.243 e. The van der Waals surface area contributed by atoms with Crippen molar-refractivity contribution in [3.63, 3.8) is 0 Å². The van der Waals surface area contributed by atoms with Gasteiger partial charge in [-0.25, -0.2) is 12.8 Å². The first kappa shape index (κ1) is 30.6. The van der Waals surface area contributed by atoms with Crippen molar-refractivity contribution in [1.82, 2.24) is 10.2 Å². The molecule has 1 N–H and O–H groups in total. The summed E-state index contributed by atoms with van der Waals surface area (Å²) >= 11 is 0. The van der Waals surface area contributed by atoms with Gasteiger partial charge in [-0.3, -0.25) is 13.9 Å². The van der Waals surface area contributed by atoms with Crippen molar-refractivity contribution in [1.29, 1.82) is 0 Å². The van der Waals surface area contributed by atoms with Gasteiger partial charge in [0.15, 0.2) is 0 Å². The molecule has 8 nitrogen and oxygen atoms in total. The number of rotatable bonds is 14. The SMILES string of the molecule is CCNC(=O)C(Cc1ccccc1)N(Cc1ccc(F)cc1)C(=O)CCCN(c1cccc(OC)c1)S(C)(=O)=O. The first-order valence-corrected chi connectivity index (χ1v) is 14.9. The highest BCUT2D eigenvalue weighted by molar-refractivity contribution is 7.92. The average molecular weight is 570 g/mol. The fourth-order valence-corrected chi connectivity index (χ4v) is 5.36. The van der Waals surface area contributed by atoms with E-state index in [0.717, 1.165) is 11.8 Å². The van der Waals surface area contributed by atoms with E-state index in [0.29, 0.717) is 30.0 Å². The van der Waals surface area contributed by atoms with Crippen LogP contribution < -0.4 is 14.4 Å². The number of benzene rings is 3. The molecule has 0 aliphatic heterocycles. The number of nitrogens with zero attached hydrogens (tertiary/aromatic N) is 2. The highest BCUT2D eigenvalue weighted by Crippen LogP contribution is 2.24. The van der Waals surface area contributed by atoms with Crippen molar-refractivity contribution >= 4 is 27.5 Å². The van der Waals surface area contributed by atoms with Crippen molar-refractivity contribution in [2.75, 3.05) is 30.8 Å². The second-order valence-corrected chi connectivity index (χ2v) is 11.3. The molecule has 0 fully saturated rings. The molecule has 0 aromatic heterocycles. The highest BCUT2D eigenvalue weighted by atomic mass is 32.2. The number of amides is 2. The first-order chi connectivity index (χ1) is 19.1. The summed E-state index contributed by atoms with van der Waals surface area (Å²) in [5.74, 6) is -0.491. The van der Waals surface area contributed by atoms with E-state index in [-0.39, 0.29) is 37.7 Å². The number of likely N-dealkylation sites (N-methyl/N-ethyl adjacent to an activating group) is 1. The maximum absolute atomic E-state index is 13.7. The zero-order chi connectivity index (χ0) is 29.1. The molecule has 0 saturated heterocycles. The molecule has 3 aromatic rings. The summed E-state index contributed by atoms with van der Waals surface area (Å²) in [6, 6.07) is 21.1. The minimum Gasteiger partial charge on any atom is -0.497 e. The van der Waals surface area contributed by atoms with Gasteiger partial charge < -0.3 is 15.0 Å². The van der Waals surface area contributed by atoms with Crippen molar-refractivity contribution in [3.8, 4) is 5.75 Å². The van der Waals surface area contributed by atoms with Crippen LogP contribution in [-0.2, 0) is 32.6 Å². The number of halogens is 1. The molecule has 0 radical (unpaired) electrons. The molecule has 40 heavy (non-hydrogen) atoms. The summed E-state index contributed by atoms with van der Waals surface area (Å²) in [5.41, 5.74) is 1.99. The van der Waals surface area contributed by atoms with Gasteiger partial charge in [0.2, 0.25) is 21.8 Å². The summed E-state index contributed by atoms with van der Waals surface area (Å²) in [5, 5.41) is 2.83. The zero-order valence-electron chi connectivity index (χ0n) is 23.0. The van der Waals surface area contributed by atoms with Gasteiger partial charge in [-0.15, -0.1) is 0 Å². The molecule has 0 aliphatic rings. The van der Waals surface area contributed by atoms with E-state index in [2.05, 4.69) is 5.32 Å². The second kappa shape index (κ2) is 14.5. The molecule has 0 saturated carbocycles. The lowest BCUT2D eigenvalue weighted by molar-refractivity contribution is -0.141. The van der Waals surface area contributed by atoms with E-state index in [9.17, 15) is 22.4 Å². The van der Waals surface area contributed by atoms with Crippen LogP contribution >= 0.6 is 0 Å². The van der Waals surface area contributed by atoms with Crippen molar-refractivity contribution in [3.05, 3.63) is 95.8 Å². The molecule has 3 rings (SSSR count). The molecular formula is C30H36FN3O5S. The lowest BCUT2D eigenvalue weighted by Gasteiger charge is -2.32. The minimum atomic E-state index is -3.64. The van der Waals surface area contributed by atoms with Crippen LogP contribution in [0.5, 0.6) is 5.75 Å². The van der Waals surface area contributed by atoms with E-state index in [1.165, 1.54) is 28.4 Å². The number of ether oxygens (including phenoxy) is 1. The Morgan fingerprint density at radius 2 is 1.68 bits per heavy atom. The van der Waals surface area contributed by atoms with E-state index in [1.807, 2.05) is 37.3 Å². The summed E-state index contributed by atoms with van der Waals surface area (Å²) in [7, 11) is -2.14. The largest absolute Gasteiger partial charge is 0.497 e. The molecule has 2 amide bonds. The fraction of sp³-hybridized carbons (Fsp3) is 0.333. The Hall–Kier alpha value is -3.92. The zero-order valence-corrected chi connectivity index (χ0v) is 23.9. The predicted octanol–water partition coefficient (Wildman–Crippen LogP) is 4.16. The Bertz CT molecular complexity index is 1370. The Morgan fingerprint density at radius 3 is 2.30 bits per heavy atom. The second-order valence-electron chi connectivity index (χ2n) is 9.39. The molecule has 0 spiro atoms. The van der Waals surface area contributed by atoms with Gasteiger partial charge in [-0.2, -0.15) is 0 Å². The Morgan fingerprint density at radius 1 is 0.975 bits per heavy atom. The van der Waals surface area contributed by atoms with Crippen molar-refractivity contribution < 1.29 is 27.1 Å². The molecule has 214 valence electrons. The molecule has 0 bridgehead atoms. The summed E-state index contributed by atoms with van der Waals surface area (Å²) in [6.07, 6.45) is 1.62. The third kappa shape index (κ3) is 8.81. The van der Waals surface area contributed by atoms with Crippen molar-refractivity contribution in [2.45, 2.75) is 38.8 Å². The minimum absolute atomic E-state index is 0.00186. The number of hydrogen-bond acceptors (Lipinski definition) is 5. The third-order valence-corrected chi connectivity index (χ3v) is 7.58. The number of nitrogens with one attached hydrogen (secondary N) is 1. The summed E-state index contributed by atoms with van der Waals surface area (Å²) in [4.78, 5) is 28.4. The quantitative estimate of drug-likeness (QED) is 0.315. The van der Waals surface area contributed by atoms with Gasteiger partial charge in [-0.05, 0) is 48.7 Å². The number of sulfonamides is 1. The molecule has 1 atom stereocenters. The van der Waals surface area contributed by atoms with Gasteiger partial charge in [0.1, 0.15) is 17.6 Å². The third-order valence-electron chi connectivity index (χ3n) is 6.38. The van der Waals surface area contributed by atoms with Gasteiger partial charge in [0.05, 0.1) is 19.1 Å². The predicted molar refractivity (Wildman–Crippen MR) is 154 cm³/mol. The Labute approximate surface area is 235 Å². The monoisotopic (exact) mass is 569 g/mol. The first-order valence-electron chi connectivity index (χ1n) is 13.1.